The summed E-state index contributed by atoms with van der Waals surface area (Å²) in [6.07, 6.45) is 1.89. The predicted octanol–water partition coefficient (Wildman–Crippen LogP) is 4.59. The van der Waals surface area contributed by atoms with Gasteiger partial charge in [0.2, 0.25) is 0 Å². The molecule has 1 amide bonds. The summed E-state index contributed by atoms with van der Waals surface area (Å²) in [5.74, 6) is 0. The molecule has 4 rings (SSSR count). The van der Waals surface area contributed by atoms with Gasteiger partial charge in [0.05, 0.1) is 23.3 Å². The Bertz CT molecular complexity index is 896. The molecule has 0 aromatic heterocycles. The Morgan fingerprint density at radius 2 is 1.69 bits per heavy atom. The van der Waals surface area contributed by atoms with Gasteiger partial charge in [0.15, 0.2) is 0 Å². The van der Waals surface area contributed by atoms with E-state index < -0.39 is 23.9 Å². The Balaban J connectivity index is 1.77. The number of aryl methyl sites for hydroxylation is 1. The molecule has 0 radical (unpaired) electrons. The fourth-order valence-electron chi connectivity index (χ4n) is 4.52. The van der Waals surface area contributed by atoms with Crippen molar-refractivity contribution in [1.82, 2.24) is 4.90 Å². The number of amides is 1. The molecule has 0 N–H and O–H groups in total. The predicted molar refractivity (Wildman–Crippen MR) is 114 cm³/mol. The summed E-state index contributed by atoms with van der Waals surface area (Å²) >= 11 is 0. The minimum atomic E-state index is -0.538. The molecule has 5 nitrogen and oxygen atoms in total. The summed E-state index contributed by atoms with van der Waals surface area (Å²) in [4.78, 5) is 14.9. The average molecular weight is 397 g/mol. The highest BCUT2D eigenvalue weighted by Crippen LogP contribution is 2.53. The summed E-state index contributed by atoms with van der Waals surface area (Å²) in [5.41, 5.74) is 4.23. The van der Waals surface area contributed by atoms with Crippen LogP contribution in [0.2, 0.25) is 0 Å². The van der Waals surface area contributed by atoms with Gasteiger partial charge in [-0.1, -0.05) is 23.8 Å². The van der Waals surface area contributed by atoms with Gasteiger partial charge in [-0.15, -0.1) is 0 Å². The Morgan fingerprint density at radius 1 is 1.10 bits per heavy atom. The summed E-state index contributed by atoms with van der Waals surface area (Å²) < 4.78 is 18.5. The molecule has 1 aromatic rings. The molecule has 2 atom stereocenters. The van der Waals surface area contributed by atoms with E-state index in [1.807, 2.05) is 25.7 Å². The number of ether oxygens (including phenoxy) is 1. The molecule has 1 aromatic carbocycles. The van der Waals surface area contributed by atoms with Crippen molar-refractivity contribution in [3.8, 4) is 0 Å². The summed E-state index contributed by atoms with van der Waals surface area (Å²) in [6.45, 7) is 18.1. The van der Waals surface area contributed by atoms with Gasteiger partial charge in [-0.25, -0.2) is 4.79 Å². The van der Waals surface area contributed by atoms with Crippen LogP contribution in [0, 0.1) is 6.92 Å². The van der Waals surface area contributed by atoms with E-state index in [9.17, 15) is 4.79 Å². The summed E-state index contributed by atoms with van der Waals surface area (Å²) in [7, 11) is -0.457. The van der Waals surface area contributed by atoms with Crippen LogP contribution in [-0.2, 0) is 14.0 Å². The maximum absolute atomic E-state index is 13.1. The van der Waals surface area contributed by atoms with Gasteiger partial charge in [0.25, 0.3) is 0 Å². The highest BCUT2D eigenvalue weighted by Gasteiger charge is 2.55. The van der Waals surface area contributed by atoms with E-state index in [1.54, 1.807) is 0 Å². The van der Waals surface area contributed by atoms with Crippen molar-refractivity contribution in [3.05, 3.63) is 40.5 Å². The van der Waals surface area contributed by atoms with E-state index in [-0.39, 0.29) is 18.2 Å². The zero-order valence-electron chi connectivity index (χ0n) is 19.0. The third-order valence-corrected chi connectivity index (χ3v) is 6.52. The molecule has 2 unspecified atom stereocenters. The maximum Gasteiger partial charge on any atom is 0.495 e. The first-order valence-electron chi connectivity index (χ1n) is 10.4. The first-order chi connectivity index (χ1) is 13.2. The SMILES string of the molecule is CC1=CC2c3cc(C)cc(B4OC(C)(C)C(C)(C)O4)c3C1N2C(=O)OC(C)(C)C. The van der Waals surface area contributed by atoms with E-state index >= 15 is 0 Å². The van der Waals surface area contributed by atoms with Gasteiger partial charge in [-0.05, 0) is 84.5 Å². The van der Waals surface area contributed by atoms with Crippen LogP contribution in [0.25, 0.3) is 0 Å². The fraction of sp³-hybridized carbons (Fsp3) is 0.609. The van der Waals surface area contributed by atoms with E-state index in [2.05, 4.69) is 59.8 Å². The number of nitrogens with zero attached hydrogens (tertiary/aromatic N) is 1. The molecule has 29 heavy (non-hydrogen) atoms. The van der Waals surface area contributed by atoms with Crippen LogP contribution >= 0.6 is 0 Å². The third kappa shape index (κ3) is 3.12. The van der Waals surface area contributed by atoms with Gasteiger partial charge in [-0.3, -0.25) is 4.90 Å². The Kier molecular flexibility index (Phi) is 4.32. The highest BCUT2D eigenvalue weighted by molar-refractivity contribution is 6.62. The number of fused-ring (bicyclic) bond motifs is 5. The molecule has 2 bridgehead atoms. The quantitative estimate of drug-likeness (QED) is 0.514. The van der Waals surface area contributed by atoms with E-state index in [0.29, 0.717) is 0 Å². The largest absolute Gasteiger partial charge is 0.495 e. The number of carbonyl (C=O) groups is 1. The van der Waals surface area contributed by atoms with Gasteiger partial charge < -0.3 is 14.0 Å². The molecular weight excluding hydrogens is 365 g/mol. The minimum Gasteiger partial charge on any atom is -0.444 e. The van der Waals surface area contributed by atoms with E-state index in [4.69, 9.17) is 14.0 Å². The Labute approximate surface area is 174 Å². The highest BCUT2D eigenvalue weighted by atomic mass is 16.7. The molecule has 0 saturated carbocycles. The third-order valence-electron chi connectivity index (χ3n) is 6.52. The maximum atomic E-state index is 13.1. The van der Waals surface area contributed by atoms with Crippen LogP contribution in [0.1, 0.15) is 84.2 Å². The molecule has 0 spiro atoms. The van der Waals surface area contributed by atoms with E-state index in [0.717, 1.165) is 27.7 Å². The zero-order chi connectivity index (χ0) is 21.5. The first-order valence-corrected chi connectivity index (χ1v) is 10.4. The molecule has 1 saturated heterocycles. The van der Waals surface area contributed by atoms with Crippen LogP contribution < -0.4 is 5.46 Å². The van der Waals surface area contributed by atoms with Gasteiger partial charge in [0, 0.05) is 0 Å². The Morgan fingerprint density at radius 3 is 2.24 bits per heavy atom. The molecule has 0 aliphatic carbocycles. The smallest absolute Gasteiger partial charge is 0.444 e. The molecular formula is C23H32BNO4. The van der Waals surface area contributed by atoms with Crippen LogP contribution in [0.4, 0.5) is 4.79 Å². The topological polar surface area (TPSA) is 48.0 Å². The molecule has 156 valence electrons. The number of benzene rings is 1. The van der Waals surface area contributed by atoms with Crippen molar-refractivity contribution in [2.75, 3.05) is 0 Å². The van der Waals surface area contributed by atoms with Crippen LogP contribution in [0.5, 0.6) is 0 Å². The lowest BCUT2D eigenvalue weighted by Crippen LogP contribution is -2.41. The molecule has 1 fully saturated rings. The summed E-state index contributed by atoms with van der Waals surface area (Å²) in [5, 5.41) is 0. The van der Waals surface area contributed by atoms with Crippen molar-refractivity contribution in [3.63, 3.8) is 0 Å². The lowest BCUT2D eigenvalue weighted by Gasteiger charge is -2.32. The monoisotopic (exact) mass is 397 g/mol. The number of carbonyl (C=O) groups excluding carboxylic acids is 1. The summed E-state index contributed by atoms with van der Waals surface area (Å²) in [6, 6.07) is 4.07. The first kappa shape index (κ1) is 20.5. The lowest BCUT2D eigenvalue weighted by molar-refractivity contribution is 0.00578. The van der Waals surface area contributed by atoms with Crippen molar-refractivity contribution in [2.45, 2.75) is 91.2 Å². The second-order valence-electron chi connectivity index (χ2n) is 10.6. The zero-order valence-corrected chi connectivity index (χ0v) is 19.0. The number of hydrogen-bond acceptors (Lipinski definition) is 4. The van der Waals surface area contributed by atoms with Gasteiger partial charge in [-0.2, -0.15) is 0 Å². The fourth-order valence-corrected chi connectivity index (χ4v) is 4.52. The van der Waals surface area contributed by atoms with Crippen LogP contribution in [-0.4, -0.2) is 34.9 Å². The Hall–Kier alpha value is -1.79. The average Bonchev–Trinajstić information content (AvgIpc) is 3.10. The van der Waals surface area contributed by atoms with Crippen molar-refractivity contribution >= 4 is 18.7 Å². The van der Waals surface area contributed by atoms with Crippen LogP contribution in [0.3, 0.4) is 0 Å². The number of hydrogen-bond donors (Lipinski definition) is 0. The standard InChI is InChI=1S/C23H32BNO4/c1-13-10-15-17-12-14(2)19(25(17)20(26)27-21(3,4)5)18(15)16(11-13)24-28-22(6,7)23(8,9)29-24/h10-12,17,19H,1-9H3. The van der Waals surface area contributed by atoms with Crippen molar-refractivity contribution in [2.24, 2.45) is 0 Å². The minimum absolute atomic E-state index is 0.106. The van der Waals surface area contributed by atoms with Gasteiger partial charge in [0.1, 0.15) is 5.60 Å². The second-order valence-corrected chi connectivity index (χ2v) is 10.6. The van der Waals surface area contributed by atoms with Crippen LogP contribution in [0.15, 0.2) is 23.8 Å². The van der Waals surface area contributed by atoms with E-state index in [1.165, 1.54) is 0 Å². The molecule has 3 aliphatic rings. The molecule has 3 heterocycles. The number of rotatable bonds is 1. The lowest BCUT2D eigenvalue weighted by atomic mass is 9.71. The molecule has 3 aliphatic heterocycles. The van der Waals surface area contributed by atoms with Crippen molar-refractivity contribution in [1.29, 1.82) is 0 Å². The second kappa shape index (κ2) is 6.11. The molecule has 6 heteroatoms. The van der Waals surface area contributed by atoms with Gasteiger partial charge >= 0.3 is 13.2 Å². The van der Waals surface area contributed by atoms with Crippen molar-refractivity contribution < 1.29 is 18.8 Å². The normalized spacial score (nSPS) is 26.6.